The summed E-state index contributed by atoms with van der Waals surface area (Å²) in [5.74, 6) is 0. The fourth-order valence-electron chi connectivity index (χ4n) is 1.55. The summed E-state index contributed by atoms with van der Waals surface area (Å²) in [5.41, 5.74) is 1.57. The standard InChI is InChI=1S/C13H15N/c1-13(2,3)12-5-4-10-6-7-14-9-11(10)8-12/h4-9H,1-3H3. The van der Waals surface area contributed by atoms with Crippen LogP contribution >= 0.6 is 0 Å². The molecule has 1 aromatic heterocycles. The third-order valence-corrected chi connectivity index (χ3v) is 2.51. The zero-order chi connectivity index (χ0) is 10.2. The molecule has 1 heteroatoms. The van der Waals surface area contributed by atoms with E-state index in [0.717, 1.165) is 0 Å². The first-order valence-electron chi connectivity index (χ1n) is 4.92. The first-order valence-corrected chi connectivity index (χ1v) is 4.92. The van der Waals surface area contributed by atoms with Gasteiger partial charge in [0.05, 0.1) is 0 Å². The van der Waals surface area contributed by atoms with Crippen molar-refractivity contribution in [2.75, 3.05) is 0 Å². The van der Waals surface area contributed by atoms with Crippen LogP contribution in [0.3, 0.4) is 0 Å². The van der Waals surface area contributed by atoms with Gasteiger partial charge in [0.2, 0.25) is 0 Å². The number of nitrogens with zero attached hydrogens (tertiary/aromatic N) is 1. The molecule has 0 amide bonds. The number of hydrogen-bond acceptors (Lipinski definition) is 1. The van der Waals surface area contributed by atoms with Crippen molar-refractivity contribution in [1.29, 1.82) is 0 Å². The van der Waals surface area contributed by atoms with Gasteiger partial charge in [-0.1, -0.05) is 32.9 Å². The third-order valence-electron chi connectivity index (χ3n) is 2.51. The summed E-state index contributed by atoms with van der Waals surface area (Å²) in [4.78, 5) is 4.14. The van der Waals surface area contributed by atoms with Crippen LogP contribution in [0.25, 0.3) is 10.8 Å². The van der Waals surface area contributed by atoms with Crippen molar-refractivity contribution in [2.24, 2.45) is 0 Å². The van der Waals surface area contributed by atoms with Crippen molar-refractivity contribution in [1.82, 2.24) is 4.98 Å². The molecule has 0 saturated heterocycles. The van der Waals surface area contributed by atoms with Gasteiger partial charge in [0.15, 0.2) is 0 Å². The summed E-state index contributed by atoms with van der Waals surface area (Å²) < 4.78 is 0. The largest absolute Gasteiger partial charge is 0.264 e. The molecule has 0 unspecified atom stereocenters. The summed E-state index contributed by atoms with van der Waals surface area (Å²) in [6, 6.07) is 8.63. The van der Waals surface area contributed by atoms with Crippen LogP contribution in [0, 0.1) is 0 Å². The van der Waals surface area contributed by atoms with Gasteiger partial charge < -0.3 is 0 Å². The van der Waals surface area contributed by atoms with Gasteiger partial charge in [-0.25, -0.2) is 0 Å². The first kappa shape index (κ1) is 9.20. The maximum Gasteiger partial charge on any atom is 0.0346 e. The molecule has 1 aromatic carbocycles. The Morgan fingerprint density at radius 3 is 2.50 bits per heavy atom. The molecule has 14 heavy (non-hydrogen) atoms. The van der Waals surface area contributed by atoms with Gasteiger partial charge in [-0.05, 0) is 28.5 Å². The highest BCUT2D eigenvalue weighted by molar-refractivity contribution is 5.82. The average Bonchev–Trinajstić information content (AvgIpc) is 2.16. The van der Waals surface area contributed by atoms with Gasteiger partial charge in [-0.15, -0.1) is 0 Å². The van der Waals surface area contributed by atoms with E-state index in [4.69, 9.17) is 0 Å². The highest BCUT2D eigenvalue weighted by Crippen LogP contribution is 2.25. The Morgan fingerprint density at radius 1 is 1.00 bits per heavy atom. The summed E-state index contributed by atoms with van der Waals surface area (Å²) in [5, 5.41) is 2.48. The Hall–Kier alpha value is -1.37. The topological polar surface area (TPSA) is 12.9 Å². The molecule has 0 saturated carbocycles. The molecule has 0 aliphatic rings. The van der Waals surface area contributed by atoms with Crippen molar-refractivity contribution >= 4 is 10.8 Å². The minimum atomic E-state index is 0.212. The van der Waals surface area contributed by atoms with E-state index >= 15 is 0 Å². The van der Waals surface area contributed by atoms with Gasteiger partial charge >= 0.3 is 0 Å². The predicted molar refractivity (Wildman–Crippen MR) is 60.4 cm³/mol. The molecule has 1 heterocycles. The second kappa shape index (κ2) is 3.09. The molecule has 0 atom stereocenters. The Balaban J connectivity index is 2.63. The van der Waals surface area contributed by atoms with Crippen LogP contribution in [0.5, 0.6) is 0 Å². The van der Waals surface area contributed by atoms with Crippen molar-refractivity contribution < 1.29 is 0 Å². The molecule has 72 valence electrons. The van der Waals surface area contributed by atoms with Crippen LogP contribution in [0.15, 0.2) is 36.7 Å². The molecule has 2 aromatic rings. The summed E-state index contributed by atoms with van der Waals surface area (Å²) in [6.07, 6.45) is 3.75. The minimum absolute atomic E-state index is 0.212. The van der Waals surface area contributed by atoms with Crippen LogP contribution in [0.1, 0.15) is 26.3 Å². The highest BCUT2D eigenvalue weighted by Gasteiger charge is 2.13. The molecule has 0 fully saturated rings. The van der Waals surface area contributed by atoms with Gasteiger partial charge in [0.25, 0.3) is 0 Å². The van der Waals surface area contributed by atoms with E-state index in [9.17, 15) is 0 Å². The fourth-order valence-corrected chi connectivity index (χ4v) is 1.55. The molecule has 0 radical (unpaired) electrons. The maximum absolute atomic E-state index is 4.14. The third kappa shape index (κ3) is 1.63. The Kier molecular flexibility index (Phi) is 2.03. The van der Waals surface area contributed by atoms with E-state index in [0.29, 0.717) is 0 Å². The summed E-state index contributed by atoms with van der Waals surface area (Å²) in [7, 11) is 0. The maximum atomic E-state index is 4.14. The van der Waals surface area contributed by atoms with Crippen LogP contribution < -0.4 is 0 Å². The molecule has 0 aliphatic heterocycles. The van der Waals surface area contributed by atoms with E-state index < -0.39 is 0 Å². The molecule has 0 N–H and O–H groups in total. The molecule has 0 bridgehead atoms. The van der Waals surface area contributed by atoms with Crippen LogP contribution in [-0.4, -0.2) is 4.98 Å². The van der Waals surface area contributed by atoms with Gasteiger partial charge in [0, 0.05) is 17.8 Å². The number of rotatable bonds is 0. The van der Waals surface area contributed by atoms with Gasteiger partial charge in [0.1, 0.15) is 0 Å². The van der Waals surface area contributed by atoms with E-state index in [1.165, 1.54) is 16.3 Å². The van der Waals surface area contributed by atoms with Crippen LogP contribution in [0.2, 0.25) is 0 Å². The average molecular weight is 185 g/mol. The number of fused-ring (bicyclic) bond motifs is 1. The lowest BCUT2D eigenvalue weighted by Crippen LogP contribution is -2.10. The second-order valence-corrected chi connectivity index (χ2v) is 4.69. The van der Waals surface area contributed by atoms with Gasteiger partial charge in [-0.2, -0.15) is 0 Å². The molecular weight excluding hydrogens is 170 g/mol. The van der Waals surface area contributed by atoms with E-state index in [-0.39, 0.29) is 5.41 Å². The number of benzene rings is 1. The zero-order valence-corrected chi connectivity index (χ0v) is 8.91. The van der Waals surface area contributed by atoms with Crippen LogP contribution in [0.4, 0.5) is 0 Å². The first-order chi connectivity index (χ1) is 6.57. The lowest BCUT2D eigenvalue weighted by atomic mass is 9.86. The molecular formula is C13H15N. The lowest BCUT2D eigenvalue weighted by molar-refractivity contribution is 0.591. The minimum Gasteiger partial charge on any atom is -0.264 e. The summed E-state index contributed by atoms with van der Waals surface area (Å²) >= 11 is 0. The molecule has 1 nitrogen and oxygen atoms in total. The second-order valence-electron chi connectivity index (χ2n) is 4.69. The van der Waals surface area contributed by atoms with Crippen molar-refractivity contribution in [3.63, 3.8) is 0 Å². The van der Waals surface area contributed by atoms with E-state index in [1.807, 2.05) is 18.5 Å². The van der Waals surface area contributed by atoms with E-state index in [2.05, 4.69) is 44.0 Å². The van der Waals surface area contributed by atoms with E-state index in [1.54, 1.807) is 0 Å². The molecule has 0 spiro atoms. The van der Waals surface area contributed by atoms with Crippen LogP contribution in [-0.2, 0) is 5.41 Å². The monoisotopic (exact) mass is 185 g/mol. The predicted octanol–water partition coefficient (Wildman–Crippen LogP) is 3.53. The lowest BCUT2D eigenvalue weighted by Gasteiger charge is -2.19. The Morgan fingerprint density at radius 2 is 1.79 bits per heavy atom. The number of pyridine rings is 1. The smallest absolute Gasteiger partial charge is 0.0346 e. The van der Waals surface area contributed by atoms with Crippen molar-refractivity contribution in [3.05, 3.63) is 42.2 Å². The van der Waals surface area contributed by atoms with Gasteiger partial charge in [-0.3, -0.25) is 4.98 Å². The highest BCUT2D eigenvalue weighted by atomic mass is 14.6. The number of hydrogen-bond donors (Lipinski definition) is 0. The molecule has 2 rings (SSSR count). The zero-order valence-electron chi connectivity index (χ0n) is 8.91. The SMILES string of the molecule is CC(C)(C)c1ccc2ccncc2c1. The van der Waals surface area contributed by atoms with Crippen molar-refractivity contribution in [2.45, 2.75) is 26.2 Å². The molecule has 0 aliphatic carbocycles. The Bertz CT molecular complexity index is 452. The quantitative estimate of drug-likeness (QED) is 0.611. The normalized spacial score (nSPS) is 11.9. The number of aromatic nitrogens is 1. The Labute approximate surface area is 84.8 Å². The summed E-state index contributed by atoms with van der Waals surface area (Å²) in [6.45, 7) is 6.68. The fraction of sp³-hybridized carbons (Fsp3) is 0.308. The van der Waals surface area contributed by atoms with Crippen molar-refractivity contribution in [3.8, 4) is 0 Å².